The van der Waals surface area contributed by atoms with Crippen molar-refractivity contribution >= 4 is 23.2 Å². The predicted molar refractivity (Wildman–Crippen MR) is 76.4 cm³/mol. The summed E-state index contributed by atoms with van der Waals surface area (Å²) < 4.78 is 0. The maximum absolute atomic E-state index is 9.35. The highest BCUT2D eigenvalue weighted by molar-refractivity contribution is 6.31. The highest BCUT2D eigenvalue weighted by Crippen LogP contribution is 2.37. The number of pyridine rings is 1. The third-order valence-corrected chi connectivity index (χ3v) is 3.91. The first-order valence-corrected chi connectivity index (χ1v) is 6.83. The van der Waals surface area contributed by atoms with E-state index in [2.05, 4.69) is 11.1 Å². The lowest BCUT2D eigenvalue weighted by atomic mass is 9.95. The molecule has 1 aromatic carbocycles. The lowest BCUT2D eigenvalue weighted by molar-refractivity contribution is 0.899. The van der Waals surface area contributed by atoms with Gasteiger partial charge in [0, 0.05) is 16.3 Å². The second-order valence-electron chi connectivity index (χ2n) is 4.55. The molecule has 2 aromatic rings. The van der Waals surface area contributed by atoms with E-state index in [0.717, 1.165) is 41.6 Å². The molecule has 0 spiro atoms. The molecular formula is C15H10Cl2N2. The molecule has 0 fully saturated rings. The van der Waals surface area contributed by atoms with Gasteiger partial charge in [-0.25, -0.2) is 4.98 Å². The molecule has 0 radical (unpaired) electrons. The van der Waals surface area contributed by atoms with E-state index >= 15 is 0 Å². The first-order valence-electron chi connectivity index (χ1n) is 6.08. The molecule has 0 saturated heterocycles. The fraction of sp³-hybridized carbons (Fsp3) is 0.200. The van der Waals surface area contributed by atoms with Crippen molar-refractivity contribution in [3.63, 3.8) is 0 Å². The first kappa shape index (κ1) is 12.5. The minimum absolute atomic E-state index is 0.290. The van der Waals surface area contributed by atoms with E-state index in [1.165, 1.54) is 0 Å². The molecule has 0 atom stereocenters. The van der Waals surface area contributed by atoms with Crippen molar-refractivity contribution in [2.24, 2.45) is 0 Å². The third-order valence-electron chi connectivity index (χ3n) is 3.40. The smallest absolute Gasteiger partial charge is 0.147 e. The Hall–Kier alpha value is -1.56. The van der Waals surface area contributed by atoms with Crippen LogP contribution < -0.4 is 0 Å². The summed E-state index contributed by atoms with van der Waals surface area (Å²) in [6.45, 7) is 0. The molecule has 0 saturated carbocycles. The molecule has 2 nitrogen and oxygen atoms in total. The number of rotatable bonds is 1. The van der Waals surface area contributed by atoms with Crippen molar-refractivity contribution in [2.75, 3.05) is 0 Å². The van der Waals surface area contributed by atoms with E-state index in [1.807, 2.05) is 24.3 Å². The van der Waals surface area contributed by atoms with Crippen LogP contribution in [0.15, 0.2) is 24.3 Å². The summed E-state index contributed by atoms with van der Waals surface area (Å²) in [5, 5.41) is 10.3. The minimum Gasteiger partial charge on any atom is -0.239 e. The SMILES string of the molecule is N#Cc1c(Cl)nc2c(c1-c1cccc(Cl)c1)CCC2. The van der Waals surface area contributed by atoms with E-state index in [0.29, 0.717) is 10.6 Å². The van der Waals surface area contributed by atoms with E-state index in [1.54, 1.807) is 0 Å². The Labute approximate surface area is 121 Å². The van der Waals surface area contributed by atoms with Crippen LogP contribution in [0.5, 0.6) is 0 Å². The van der Waals surface area contributed by atoms with Crippen LogP contribution in [0, 0.1) is 11.3 Å². The number of aromatic nitrogens is 1. The number of benzene rings is 1. The number of nitrogens with zero attached hydrogens (tertiary/aromatic N) is 2. The van der Waals surface area contributed by atoms with Crippen LogP contribution in [0.25, 0.3) is 11.1 Å². The highest BCUT2D eigenvalue weighted by Gasteiger charge is 2.23. The zero-order valence-electron chi connectivity index (χ0n) is 10.1. The summed E-state index contributed by atoms with van der Waals surface area (Å²) in [5.74, 6) is 0. The Morgan fingerprint density at radius 2 is 2.05 bits per heavy atom. The van der Waals surface area contributed by atoms with Gasteiger partial charge in [-0.1, -0.05) is 35.3 Å². The van der Waals surface area contributed by atoms with Gasteiger partial charge in [0.2, 0.25) is 0 Å². The van der Waals surface area contributed by atoms with Gasteiger partial charge in [0.1, 0.15) is 11.2 Å². The number of halogens is 2. The van der Waals surface area contributed by atoms with E-state index in [9.17, 15) is 5.26 Å². The van der Waals surface area contributed by atoms with E-state index in [-0.39, 0.29) is 5.15 Å². The Kier molecular flexibility index (Phi) is 3.18. The highest BCUT2D eigenvalue weighted by atomic mass is 35.5. The largest absolute Gasteiger partial charge is 0.239 e. The fourth-order valence-electron chi connectivity index (χ4n) is 2.61. The molecule has 0 N–H and O–H groups in total. The molecular weight excluding hydrogens is 279 g/mol. The molecule has 0 aliphatic heterocycles. The average molecular weight is 289 g/mol. The van der Waals surface area contributed by atoms with Gasteiger partial charge < -0.3 is 0 Å². The molecule has 1 heterocycles. The Bertz CT molecular complexity index is 701. The molecule has 3 rings (SSSR count). The van der Waals surface area contributed by atoms with Crippen molar-refractivity contribution in [3.8, 4) is 17.2 Å². The van der Waals surface area contributed by atoms with Crippen molar-refractivity contribution in [3.05, 3.63) is 51.3 Å². The maximum Gasteiger partial charge on any atom is 0.147 e. The second-order valence-corrected chi connectivity index (χ2v) is 5.35. The number of hydrogen-bond donors (Lipinski definition) is 0. The van der Waals surface area contributed by atoms with Crippen LogP contribution in [0.1, 0.15) is 23.2 Å². The average Bonchev–Trinajstić information content (AvgIpc) is 2.84. The standard InChI is InChI=1S/C15H10Cl2N2/c16-10-4-1-3-9(7-10)14-11-5-2-6-13(11)19-15(17)12(14)8-18/h1,3-4,7H,2,5-6H2. The number of nitriles is 1. The van der Waals surface area contributed by atoms with E-state index < -0.39 is 0 Å². The van der Waals surface area contributed by atoms with Gasteiger partial charge in [-0.15, -0.1) is 0 Å². The quantitative estimate of drug-likeness (QED) is 0.729. The van der Waals surface area contributed by atoms with Gasteiger partial charge >= 0.3 is 0 Å². The molecule has 0 amide bonds. The lowest BCUT2D eigenvalue weighted by Crippen LogP contribution is -1.98. The summed E-state index contributed by atoms with van der Waals surface area (Å²) >= 11 is 12.2. The van der Waals surface area contributed by atoms with Crippen LogP contribution in [-0.2, 0) is 12.8 Å². The lowest BCUT2D eigenvalue weighted by Gasteiger charge is -2.12. The van der Waals surface area contributed by atoms with Crippen molar-refractivity contribution in [1.82, 2.24) is 4.98 Å². The summed E-state index contributed by atoms with van der Waals surface area (Å²) in [5.41, 5.74) is 4.44. The molecule has 94 valence electrons. The van der Waals surface area contributed by atoms with Gasteiger partial charge in [0.05, 0.1) is 5.56 Å². The summed E-state index contributed by atoms with van der Waals surface area (Å²) in [6.07, 6.45) is 2.92. The number of hydrogen-bond acceptors (Lipinski definition) is 2. The van der Waals surface area contributed by atoms with E-state index in [4.69, 9.17) is 23.2 Å². The normalized spacial score (nSPS) is 13.1. The monoisotopic (exact) mass is 288 g/mol. The molecule has 4 heteroatoms. The molecule has 0 bridgehead atoms. The molecule has 1 aromatic heterocycles. The van der Waals surface area contributed by atoms with Gasteiger partial charge in [-0.3, -0.25) is 0 Å². The van der Waals surface area contributed by atoms with Gasteiger partial charge in [0.25, 0.3) is 0 Å². The van der Waals surface area contributed by atoms with Crippen molar-refractivity contribution in [1.29, 1.82) is 5.26 Å². The van der Waals surface area contributed by atoms with Crippen LogP contribution in [0.3, 0.4) is 0 Å². The van der Waals surface area contributed by atoms with Crippen LogP contribution >= 0.6 is 23.2 Å². The maximum atomic E-state index is 9.35. The van der Waals surface area contributed by atoms with Crippen LogP contribution in [0.2, 0.25) is 10.2 Å². The van der Waals surface area contributed by atoms with Gasteiger partial charge in [-0.2, -0.15) is 5.26 Å². The van der Waals surface area contributed by atoms with Gasteiger partial charge in [0.15, 0.2) is 0 Å². The molecule has 1 aliphatic carbocycles. The second kappa shape index (κ2) is 4.85. The Morgan fingerprint density at radius 3 is 2.79 bits per heavy atom. The Morgan fingerprint density at radius 1 is 1.21 bits per heavy atom. The van der Waals surface area contributed by atoms with Crippen LogP contribution in [-0.4, -0.2) is 4.98 Å². The topological polar surface area (TPSA) is 36.7 Å². The Balaban J connectivity index is 2.34. The minimum atomic E-state index is 0.290. The van der Waals surface area contributed by atoms with Crippen molar-refractivity contribution in [2.45, 2.75) is 19.3 Å². The fourth-order valence-corrected chi connectivity index (χ4v) is 3.04. The first-order chi connectivity index (χ1) is 9.20. The molecule has 1 aliphatic rings. The van der Waals surface area contributed by atoms with Crippen LogP contribution in [0.4, 0.5) is 0 Å². The van der Waals surface area contributed by atoms with Crippen molar-refractivity contribution < 1.29 is 0 Å². The predicted octanol–water partition coefficient (Wildman–Crippen LogP) is 4.42. The molecule has 19 heavy (non-hydrogen) atoms. The zero-order chi connectivity index (χ0) is 13.4. The zero-order valence-corrected chi connectivity index (χ0v) is 11.6. The summed E-state index contributed by atoms with van der Waals surface area (Å²) in [6, 6.07) is 9.70. The molecule has 0 unspecified atom stereocenters. The summed E-state index contributed by atoms with van der Waals surface area (Å²) in [7, 11) is 0. The number of fused-ring (bicyclic) bond motifs is 1. The third kappa shape index (κ3) is 2.10. The summed E-state index contributed by atoms with van der Waals surface area (Å²) in [4.78, 5) is 4.34. The number of aryl methyl sites for hydroxylation is 1. The van der Waals surface area contributed by atoms with Gasteiger partial charge in [-0.05, 0) is 42.5 Å².